The molecule has 4 heteroatoms. The number of rotatable bonds is 5. The summed E-state index contributed by atoms with van der Waals surface area (Å²) in [6.45, 7) is 1.54. The summed E-state index contributed by atoms with van der Waals surface area (Å²) in [6.07, 6.45) is -2.90. The molecular weight excluding hydrogens is 200 g/mol. The van der Waals surface area contributed by atoms with Crippen molar-refractivity contribution in [2.45, 2.75) is 19.5 Å². The summed E-state index contributed by atoms with van der Waals surface area (Å²) >= 11 is 0. The Morgan fingerprint density at radius 3 is 2.53 bits per heavy atom. The number of benzene rings is 1. The van der Waals surface area contributed by atoms with Crippen molar-refractivity contribution in [2.24, 2.45) is 5.73 Å². The fourth-order valence-electron chi connectivity index (χ4n) is 1.42. The Labute approximate surface area is 88.0 Å². The molecule has 0 bridgehead atoms. The third-order valence-electron chi connectivity index (χ3n) is 2.17. The maximum atomic E-state index is 12.0. The van der Waals surface area contributed by atoms with Crippen LogP contribution in [0.3, 0.4) is 0 Å². The van der Waals surface area contributed by atoms with Crippen molar-refractivity contribution in [3.63, 3.8) is 0 Å². The van der Waals surface area contributed by atoms with Gasteiger partial charge in [0.15, 0.2) is 0 Å². The Balaban J connectivity index is 2.70. The van der Waals surface area contributed by atoms with Crippen LogP contribution in [0.4, 0.5) is 8.78 Å². The van der Waals surface area contributed by atoms with E-state index < -0.39 is 19.1 Å². The SMILES string of the molecule is Cc1ccccc1C(CN)OCC(F)F. The van der Waals surface area contributed by atoms with Gasteiger partial charge in [-0.3, -0.25) is 0 Å². The maximum Gasteiger partial charge on any atom is 0.261 e. The number of halogens is 2. The number of hydrogen-bond acceptors (Lipinski definition) is 2. The van der Waals surface area contributed by atoms with Crippen LogP contribution in [-0.4, -0.2) is 19.6 Å². The van der Waals surface area contributed by atoms with Gasteiger partial charge in [0, 0.05) is 6.54 Å². The molecular formula is C11H15F2NO. The number of alkyl halides is 2. The number of aryl methyl sites for hydroxylation is 1. The molecule has 0 radical (unpaired) electrons. The van der Waals surface area contributed by atoms with E-state index in [1.165, 1.54) is 0 Å². The lowest BCUT2D eigenvalue weighted by Crippen LogP contribution is -2.19. The highest BCUT2D eigenvalue weighted by Gasteiger charge is 2.14. The quantitative estimate of drug-likeness (QED) is 0.817. The average Bonchev–Trinajstić information content (AvgIpc) is 2.21. The minimum atomic E-state index is -2.46. The van der Waals surface area contributed by atoms with Gasteiger partial charge in [0.2, 0.25) is 0 Å². The fraction of sp³-hybridized carbons (Fsp3) is 0.455. The summed E-state index contributed by atoms with van der Waals surface area (Å²) in [5, 5.41) is 0. The Morgan fingerprint density at radius 1 is 1.33 bits per heavy atom. The Hall–Kier alpha value is -1.00. The van der Waals surface area contributed by atoms with E-state index in [0.717, 1.165) is 11.1 Å². The highest BCUT2D eigenvalue weighted by Crippen LogP contribution is 2.20. The Morgan fingerprint density at radius 2 is 2.00 bits per heavy atom. The van der Waals surface area contributed by atoms with Gasteiger partial charge in [0.25, 0.3) is 6.43 Å². The lowest BCUT2D eigenvalue weighted by Gasteiger charge is -2.18. The van der Waals surface area contributed by atoms with Gasteiger partial charge in [-0.1, -0.05) is 24.3 Å². The van der Waals surface area contributed by atoms with Crippen LogP contribution in [0, 0.1) is 6.92 Å². The normalized spacial score (nSPS) is 13.1. The Bertz CT molecular complexity index is 304. The average molecular weight is 215 g/mol. The zero-order chi connectivity index (χ0) is 11.3. The van der Waals surface area contributed by atoms with Crippen molar-refractivity contribution >= 4 is 0 Å². The predicted molar refractivity (Wildman–Crippen MR) is 54.9 cm³/mol. The largest absolute Gasteiger partial charge is 0.366 e. The molecule has 2 N–H and O–H groups in total. The first kappa shape index (κ1) is 12.1. The van der Waals surface area contributed by atoms with Crippen LogP contribution in [0.5, 0.6) is 0 Å². The summed E-state index contributed by atoms with van der Waals surface area (Å²) < 4.78 is 29.0. The lowest BCUT2D eigenvalue weighted by molar-refractivity contribution is -0.0219. The third kappa shape index (κ3) is 3.57. The number of hydrogen-bond donors (Lipinski definition) is 1. The molecule has 1 aromatic carbocycles. The second-order valence-electron chi connectivity index (χ2n) is 3.31. The summed E-state index contributed by atoms with van der Waals surface area (Å²) in [4.78, 5) is 0. The second kappa shape index (κ2) is 5.78. The lowest BCUT2D eigenvalue weighted by atomic mass is 10.0. The molecule has 0 aliphatic carbocycles. The van der Waals surface area contributed by atoms with Crippen molar-refractivity contribution in [3.8, 4) is 0 Å². The molecule has 1 rings (SSSR count). The molecule has 84 valence electrons. The zero-order valence-electron chi connectivity index (χ0n) is 8.62. The molecule has 0 saturated heterocycles. The molecule has 0 amide bonds. The van der Waals surface area contributed by atoms with Crippen molar-refractivity contribution in [2.75, 3.05) is 13.2 Å². The van der Waals surface area contributed by atoms with Crippen molar-refractivity contribution in [3.05, 3.63) is 35.4 Å². The molecule has 0 spiro atoms. The van der Waals surface area contributed by atoms with Gasteiger partial charge in [-0.25, -0.2) is 8.78 Å². The smallest absolute Gasteiger partial charge is 0.261 e. The molecule has 0 heterocycles. The fourth-order valence-corrected chi connectivity index (χ4v) is 1.42. The van der Waals surface area contributed by atoms with E-state index in [0.29, 0.717) is 0 Å². The van der Waals surface area contributed by atoms with E-state index in [1.54, 1.807) is 0 Å². The van der Waals surface area contributed by atoms with Crippen LogP contribution in [0.25, 0.3) is 0 Å². The minimum absolute atomic E-state index is 0.206. The van der Waals surface area contributed by atoms with E-state index >= 15 is 0 Å². The highest BCUT2D eigenvalue weighted by molar-refractivity contribution is 5.27. The van der Waals surface area contributed by atoms with Crippen molar-refractivity contribution in [1.82, 2.24) is 0 Å². The van der Waals surface area contributed by atoms with Gasteiger partial charge in [-0.05, 0) is 18.1 Å². The van der Waals surface area contributed by atoms with Gasteiger partial charge < -0.3 is 10.5 Å². The van der Waals surface area contributed by atoms with Gasteiger partial charge in [-0.15, -0.1) is 0 Å². The first-order valence-electron chi connectivity index (χ1n) is 4.80. The topological polar surface area (TPSA) is 35.2 Å². The van der Waals surface area contributed by atoms with Gasteiger partial charge >= 0.3 is 0 Å². The predicted octanol–water partition coefficient (Wildman–Crippen LogP) is 2.28. The van der Waals surface area contributed by atoms with E-state index in [2.05, 4.69) is 0 Å². The van der Waals surface area contributed by atoms with Crippen LogP contribution in [0.1, 0.15) is 17.2 Å². The minimum Gasteiger partial charge on any atom is -0.366 e. The number of nitrogens with two attached hydrogens (primary N) is 1. The van der Waals surface area contributed by atoms with Gasteiger partial charge in [0.1, 0.15) is 6.61 Å². The molecule has 0 aliphatic heterocycles. The molecule has 1 atom stereocenters. The van der Waals surface area contributed by atoms with Crippen LogP contribution in [0.15, 0.2) is 24.3 Å². The maximum absolute atomic E-state index is 12.0. The van der Waals surface area contributed by atoms with Crippen molar-refractivity contribution < 1.29 is 13.5 Å². The van der Waals surface area contributed by atoms with Crippen LogP contribution < -0.4 is 5.73 Å². The van der Waals surface area contributed by atoms with E-state index in [9.17, 15) is 8.78 Å². The van der Waals surface area contributed by atoms with Gasteiger partial charge in [0.05, 0.1) is 6.10 Å². The van der Waals surface area contributed by atoms with Crippen molar-refractivity contribution in [1.29, 1.82) is 0 Å². The van der Waals surface area contributed by atoms with Crippen LogP contribution >= 0.6 is 0 Å². The van der Waals surface area contributed by atoms with E-state index in [-0.39, 0.29) is 6.54 Å². The number of ether oxygens (including phenoxy) is 1. The Kier molecular flexibility index (Phi) is 4.65. The summed E-state index contributed by atoms with van der Waals surface area (Å²) in [5.41, 5.74) is 7.37. The van der Waals surface area contributed by atoms with E-state index in [4.69, 9.17) is 10.5 Å². The van der Waals surface area contributed by atoms with Gasteiger partial charge in [-0.2, -0.15) is 0 Å². The highest BCUT2D eigenvalue weighted by atomic mass is 19.3. The first-order valence-corrected chi connectivity index (χ1v) is 4.80. The van der Waals surface area contributed by atoms with Crippen LogP contribution in [0.2, 0.25) is 0 Å². The standard InChI is InChI=1S/C11H15F2NO/c1-8-4-2-3-5-9(8)10(6-14)15-7-11(12)13/h2-5,10-11H,6-7,14H2,1H3. The third-order valence-corrected chi connectivity index (χ3v) is 2.17. The van der Waals surface area contributed by atoms with E-state index in [1.807, 2.05) is 31.2 Å². The monoisotopic (exact) mass is 215 g/mol. The molecule has 0 aromatic heterocycles. The molecule has 2 nitrogen and oxygen atoms in total. The molecule has 0 aliphatic rings. The summed E-state index contributed by atoms with van der Waals surface area (Å²) in [5.74, 6) is 0. The zero-order valence-corrected chi connectivity index (χ0v) is 8.62. The van der Waals surface area contributed by atoms with Crippen LogP contribution in [-0.2, 0) is 4.74 Å². The second-order valence-corrected chi connectivity index (χ2v) is 3.31. The molecule has 0 fully saturated rings. The molecule has 1 unspecified atom stereocenters. The molecule has 0 saturated carbocycles. The molecule has 15 heavy (non-hydrogen) atoms. The first-order chi connectivity index (χ1) is 7.15. The molecule has 1 aromatic rings. The summed E-state index contributed by atoms with van der Waals surface area (Å²) in [6, 6.07) is 7.48. The summed E-state index contributed by atoms with van der Waals surface area (Å²) in [7, 11) is 0.